The number of nitrogens with one attached hydrogen (secondary N) is 1. The van der Waals surface area contributed by atoms with Crippen LogP contribution in [0, 0.1) is 12.7 Å². The van der Waals surface area contributed by atoms with Crippen LogP contribution in [-0.2, 0) is 13.2 Å². The maximum absolute atomic E-state index is 13.7. The van der Waals surface area contributed by atoms with Crippen LogP contribution in [0.5, 0.6) is 5.75 Å². The molecule has 2 aromatic carbocycles. The third kappa shape index (κ3) is 3.80. The Kier molecular flexibility index (Phi) is 4.53. The summed E-state index contributed by atoms with van der Waals surface area (Å²) in [7, 11) is 1.87. The quantitative estimate of drug-likeness (QED) is 0.888. The molecule has 0 spiro atoms. The Bertz CT molecular complexity index is 554. The summed E-state index contributed by atoms with van der Waals surface area (Å²) in [5.74, 6) is 0.533. The van der Waals surface area contributed by atoms with Gasteiger partial charge in [0.15, 0.2) is 0 Å². The number of aryl methyl sites for hydroxylation is 1. The van der Waals surface area contributed by atoms with E-state index in [1.165, 1.54) is 6.07 Å². The van der Waals surface area contributed by atoms with Gasteiger partial charge in [0.1, 0.15) is 18.2 Å². The largest absolute Gasteiger partial charge is 0.489 e. The van der Waals surface area contributed by atoms with E-state index in [9.17, 15) is 4.39 Å². The molecule has 2 aromatic rings. The van der Waals surface area contributed by atoms with Crippen molar-refractivity contribution in [3.63, 3.8) is 0 Å². The van der Waals surface area contributed by atoms with Crippen molar-refractivity contribution in [2.75, 3.05) is 7.05 Å². The van der Waals surface area contributed by atoms with Crippen LogP contribution in [0.4, 0.5) is 4.39 Å². The zero-order valence-corrected chi connectivity index (χ0v) is 11.2. The first-order valence-electron chi connectivity index (χ1n) is 6.30. The SMILES string of the molecule is CNCc1ccc(F)c(COc2cccc(C)c2)c1. The van der Waals surface area contributed by atoms with Crippen molar-refractivity contribution in [3.05, 3.63) is 65.0 Å². The van der Waals surface area contributed by atoms with Crippen LogP contribution >= 0.6 is 0 Å². The van der Waals surface area contributed by atoms with Gasteiger partial charge in [0.25, 0.3) is 0 Å². The standard InChI is InChI=1S/C16H18FNO/c1-12-4-3-5-15(8-12)19-11-14-9-13(10-18-2)6-7-16(14)17/h3-9,18H,10-11H2,1-2H3. The Morgan fingerprint density at radius 1 is 1.16 bits per heavy atom. The van der Waals surface area contributed by atoms with Crippen LogP contribution in [0.25, 0.3) is 0 Å². The van der Waals surface area contributed by atoms with Gasteiger partial charge in [-0.1, -0.05) is 18.2 Å². The van der Waals surface area contributed by atoms with E-state index in [-0.39, 0.29) is 12.4 Å². The van der Waals surface area contributed by atoms with Crippen LogP contribution in [0.2, 0.25) is 0 Å². The van der Waals surface area contributed by atoms with Gasteiger partial charge in [-0.15, -0.1) is 0 Å². The van der Waals surface area contributed by atoms with E-state index < -0.39 is 0 Å². The predicted molar refractivity (Wildman–Crippen MR) is 74.7 cm³/mol. The molecule has 0 aliphatic carbocycles. The van der Waals surface area contributed by atoms with Gasteiger partial charge in [-0.3, -0.25) is 0 Å². The van der Waals surface area contributed by atoms with Gasteiger partial charge in [-0.2, -0.15) is 0 Å². The summed E-state index contributed by atoms with van der Waals surface area (Å²) in [5.41, 5.74) is 2.75. The molecule has 0 aliphatic rings. The van der Waals surface area contributed by atoms with E-state index >= 15 is 0 Å². The highest BCUT2D eigenvalue weighted by molar-refractivity contribution is 5.29. The topological polar surface area (TPSA) is 21.3 Å². The number of benzene rings is 2. The molecule has 0 fully saturated rings. The fourth-order valence-electron chi connectivity index (χ4n) is 1.92. The molecule has 0 radical (unpaired) electrons. The van der Waals surface area contributed by atoms with E-state index in [4.69, 9.17) is 4.74 Å². The maximum atomic E-state index is 13.7. The number of hydrogen-bond acceptors (Lipinski definition) is 2. The molecule has 19 heavy (non-hydrogen) atoms. The first-order valence-corrected chi connectivity index (χ1v) is 6.30. The number of rotatable bonds is 5. The van der Waals surface area contributed by atoms with Gasteiger partial charge in [0.2, 0.25) is 0 Å². The Balaban J connectivity index is 2.08. The van der Waals surface area contributed by atoms with E-state index in [2.05, 4.69) is 5.32 Å². The highest BCUT2D eigenvalue weighted by Crippen LogP contribution is 2.17. The van der Waals surface area contributed by atoms with Crippen molar-refractivity contribution in [3.8, 4) is 5.75 Å². The van der Waals surface area contributed by atoms with Gasteiger partial charge >= 0.3 is 0 Å². The number of halogens is 1. The van der Waals surface area contributed by atoms with Crippen molar-refractivity contribution in [1.29, 1.82) is 0 Å². The van der Waals surface area contributed by atoms with Gasteiger partial charge in [0, 0.05) is 12.1 Å². The second kappa shape index (κ2) is 6.34. The minimum Gasteiger partial charge on any atom is -0.489 e. The molecule has 3 heteroatoms. The van der Waals surface area contributed by atoms with Gasteiger partial charge in [0.05, 0.1) is 0 Å². The summed E-state index contributed by atoms with van der Waals surface area (Å²) in [6.07, 6.45) is 0. The summed E-state index contributed by atoms with van der Waals surface area (Å²) in [4.78, 5) is 0. The smallest absolute Gasteiger partial charge is 0.129 e. The van der Waals surface area contributed by atoms with Crippen molar-refractivity contribution < 1.29 is 9.13 Å². The molecule has 1 N–H and O–H groups in total. The molecule has 100 valence electrons. The second-order valence-corrected chi connectivity index (χ2v) is 4.56. The Hall–Kier alpha value is -1.87. The predicted octanol–water partition coefficient (Wildman–Crippen LogP) is 3.43. The van der Waals surface area contributed by atoms with Crippen molar-refractivity contribution in [2.45, 2.75) is 20.1 Å². The molecule has 0 amide bonds. The monoisotopic (exact) mass is 259 g/mol. The third-order valence-electron chi connectivity index (χ3n) is 2.87. The van der Waals surface area contributed by atoms with Crippen LogP contribution in [0.1, 0.15) is 16.7 Å². The fraction of sp³-hybridized carbons (Fsp3) is 0.250. The lowest BCUT2D eigenvalue weighted by Gasteiger charge is -2.09. The Morgan fingerprint density at radius 2 is 2.00 bits per heavy atom. The van der Waals surface area contributed by atoms with E-state index in [1.54, 1.807) is 6.07 Å². The Morgan fingerprint density at radius 3 is 2.74 bits per heavy atom. The lowest BCUT2D eigenvalue weighted by molar-refractivity contribution is 0.299. The summed E-state index contributed by atoms with van der Waals surface area (Å²) in [6.45, 7) is 2.96. The molecule has 0 bridgehead atoms. The highest BCUT2D eigenvalue weighted by Gasteiger charge is 2.05. The van der Waals surface area contributed by atoms with Crippen molar-refractivity contribution in [1.82, 2.24) is 5.32 Å². The molecule has 2 rings (SSSR count). The highest BCUT2D eigenvalue weighted by atomic mass is 19.1. The minimum atomic E-state index is -0.229. The third-order valence-corrected chi connectivity index (χ3v) is 2.87. The molecule has 0 saturated carbocycles. The molecule has 0 heterocycles. The van der Waals surface area contributed by atoms with E-state index in [1.807, 2.05) is 44.3 Å². The van der Waals surface area contributed by atoms with Crippen molar-refractivity contribution >= 4 is 0 Å². The average molecular weight is 259 g/mol. The maximum Gasteiger partial charge on any atom is 0.129 e. The van der Waals surface area contributed by atoms with E-state index in [0.29, 0.717) is 5.56 Å². The molecular formula is C16H18FNO. The number of hydrogen-bond donors (Lipinski definition) is 1. The first-order chi connectivity index (χ1) is 9.19. The summed E-state index contributed by atoms with van der Waals surface area (Å²) in [5, 5.41) is 3.05. The average Bonchev–Trinajstić information content (AvgIpc) is 2.40. The van der Waals surface area contributed by atoms with Crippen molar-refractivity contribution in [2.24, 2.45) is 0 Å². The lowest BCUT2D eigenvalue weighted by atomic mass is 10.1. The first kappa shape index (κ1) is 13.6. The molecule has 0 saturated heterocycles. The summed E-state index contributed by atoms with van der Waals surface area (Å²) in [6, 6.07) is 12.8. The summed E-state index contributed by atoms with van der Waals surface area (Å²) < 4.78 is 19.3. The molecule has 0 aliphatic heterocycles. The normalized spacial score (nSPS) is 10.5. The molecule has 0 atom stereocenters. The van der Waals surface area contributed by atoms with Crippen LogP contribution in [0.15, 0.2) is 42.5 Å². The Labute approximate surface area is 113 Å². The second-order valence-electron chi connectivity index (χ2n) is 4.56. The molecule has 2 nitrogen and oxygen atoms in total. The molecule has 0 aromatic heterocycles. The zero-order valence-electron chi connectivity index (χ0n) is 11.2. The van der Waals surface area contributed by atoms with Crippen LogP contribution in [-0.4, -0.2) is 7.05 Å². The van der Waals surface area contributed by atoms with Gasteiger partial charge < -0.3 is 10.1 Å². The molecular weight excluding hydrogens is 241 g/mol. The van der Waals surface area contributed by atoms with E-state index in [0.717, 1.165) is 23.4 Å². The van der Waals surface area contributed by atoms with Gasteiger partial charge in [-0.05, 0) is 49.4 Å². The minimum absolute atomic E-state index is 0.229. The number of ether oxygens (including phenoxy) is 1. The lowest BCUT2D eigenvalue weighted by Crippen LogP contribution is -2.07. The van der Waals surface area contributed by atoms with Crippen LogP contribution < -0.4 is 10.1 Å². The zero-order chi connectivity index (χ0) is 13.7. The summed E-state index contributed by atoms with van der Waals surface area (Å²) >= 11 is 0. The molecule has 0 unspecified atom stereocenters. The van der Waals surface area contributed by atoms with Gasteiger partial charge in [-0.25, -0.2) is 4.39 Å². The fourth-order valence-corrected chi connectivity index (χ4v) is 1.92. The van der Waals surface area contributed by atoms with Crippen LogP contribution in [0.3, 0.4) is 0 Å².